The van der Waals surface area contributed by atoms with E-state index in [0.29, 0.717) is 17.1 Å². The number of hydrogen-bond donors (Lipinski definition) is 2. The summed E-state index contributed by atoms with van der Waals surface area (Å²) in [4.78, 5) is 34.9. The van der Waals surface area contributed by atoms with Crippen LogP contribution in [0.1, 0.15) is 40.6 Å². The molecule has 0 radical (unpaired) electrons. The van der Waals surface area contributed by atoms with E-state index in [1.807, 2.05) is 32.3 Å². The van der Waals surface area contributed by atoms with Gasteiger partial charge in [-0.05, 0) is 31.9 Å². The summed E-state index contributed by atoms with van der Waals surface area (Å²) in [7, 11) is 3.38. The number of nitrogens with two attached hydrogens (primary N) is 1. The number of rotatable bonds is 9. The zero-order chi connectivity index (χ0) is 23.5. The van der Waals surface area contributed by atoms with Crippen LogP contribution < -0.4 is 20.9 Å². The molecule has 1 aliphatic carbocycles. The molecular formula is C23H26N6O4. The third kappa shape index (κ3) is 4.65. The number of ether oxygens (including phenoxy) is 1. The molecule has 3 N–H and O–H groups in total. The summed E-state index contributed by atoms with van der Waals surface area (Å²) in [6.07, 6.45) is 6.79. The number of benzene rings is 1. The summed E-state index contributed by atoms with van der Waals surface area (Å²) < 4.78 is 7.45. The van der Waals surface area contributed by atoms with Crippen LogP contribution in [0.4, 0.5) is 11.4 Å². The zero-order valence-corrected chi connectivity index (χ0v) is 18.7. The van der Waals surface area contributed by atoms with Gasteiger partial charge in [-0.3, -0.25) is 24.1 Å². The third-order valence-electron chi connectivity index (χ3n) is 5.20. The molecule has 10 heteroatoms. The Bertz CT molecular complexity index is 1190. The lowest BCUT2D eigenvalue weighted by molar-refractivity contribution is 0.0942. The first kappa shape index (κ1) is 22.3. The number of anilines is 2. The molecule has 1 fully saturated rings. The van der Waals surface area contributed by atoms with E-state index < -0.39 is 5.91 Å². The average Bonchev–Trinajstić information content (AvgIpc) is 3.52. The molecule has 0 atom stereocenters. The largest absolute Gasteiger partial charge is 0.494 e. The highest BCUT2D eigenvalue weighted by Gasteiger charge is 2.27. The van der Waals surface area contributed by atoms with E-state index in [1.54, 1.807) is 24.1 Å². The Morgan fingerprint density at radius 2 is 2.06 bits per heavy atom. The van der Waals surface area contributed by atoms with Gasteiger partial charge in [0.1, 0.15) is 11.4 Å². The monoisotopic (exact) mass is 450 g/mol. The lowest BCUT2D eigenvalue weighted by Crippen LogP contribution is -2.28. The summed E-state index contributed by atoms with van der Waals surface area (Å²) in [6, 6.07) is 7.21. The Kier molecular flexibility index (Phi) is 6.27. The van der Waals surface area contributed by atoms with Gasteiger partial charge in [0.25, 0.3) is 11.8 Å². The van der Waals surface area contributed by atoms with E-state index in [0.717, 1.165) is 24.0 Å². The molecule has 10 nitrogen and oxygen atoms in total. The second kappa shape index (κ2) is 9.29. The molecule has 0 aliphatic heterocycles. The van der Waals surface area contributed by atoms with Crippen LogP contribution in [-0.2, 0) is 11.9 Å². The van der Waals surface area contributed by atoms with Crippen molar-refractivity contribution in [3.8, 4) is 16.9 Å². The van der Waals surface area contributed by atoms with Crippen molar-refractivity contribution >= 4 is 23.2 Å². The molecule has 2 aromatic heterocycles. The van der Waals surface area contributed by atoms with Crippen molar-refractivity contribution in [2.24, 2.45) is 12.8 Å². The molecule has 0 spiro atoms. The predicted octanol–water partition coefficient (Wildman–Crippen LogP) is 2.57. The van der Waals surface area contributed by atoms with E-state index in [2.05, 4.69) is 15.4 Å². The predicted molar refractivity (Wildman–Crippen MR) is 122 cm³/mol. The number of nitrogens with one attached hydrogen (secondary N) is 1. The number of carbonyl (C=O) groups excluding carboxylic acids is 2. The lowest BCUT2D eigenvalue weighted by Gasteiger charge is -2.27. The van der Waals surface area contributed by atoms with Crippen LogP contribution in [0.2, 0.25) is 0 Å². The third-order valence-corrected chi connectivity index (χ3v) is 5.20. The van der Waals surface area contributed by atoms with Crippen molar-refractivity contribution < 1.29 is 19.2 Å². The van der Waals surface area contributed by atoms with Gasteiger partial charge < -0.3 is 15.8 Å². The van der Waals surface area contributed by atoms with Crippen LogP contribution in [0, 0.1) is 0 Å². The van der Waals surface area contributed by atoms with Gasteiger partial charge >= 0.3 is 0 Å². The zero-order valence-electron chi connectivity index (χ0n) is 18.7. The molecule has 4 rings (SSSR count). The number of pyridine rings is 1. The fourth-order valence-electron chi connectivity index (χ4n) is 3.50. The van der Waals surface area contributed by atoms with Gasteiger partial charge in [0.05, 0.1) is 31.2 Å². The fraction of sp³-hybridized carbons (Fsp3) is 0.304. The number of para-hydroxylation sites is 1. The highest BCUT2D eigenvalue weighted by Crippen LogP contribution is 2.42. The minimum absolute atomic E-state index is 0.111. The van der Waals surface area contributed by atoms with Crippen molar-refractivity contribution in [3.05, 3.63) is 54.1 Å². The number of carbonyl (C=O) groups is 2. The molecular weight excluding hydrogens is 424 g/mol. The minimum atomic E-state index is -0.696. The maximum absolute atomic E-state index is 12.6. The van der Waals surface area contributed by atoms with E-state index in [-0.39, 0.29) is 29.8 Å². The molecule has 1 saturated carbocycles. The highest BCUT2D eigenvalue weighted by molar-refractivity contribution is 6.02. The molecule has 3 aromatic rings. The Morgan fingerprint density at radius 1 is 1.27 bits per heavy atom. The molecule has 2 amide bonds. The topological polar surface area (TPSA) is 125 Å². The van der Waals surface area contributed by atoms with Crippen molar-refractivity contribution in [3.63, 3.8) is 0 Å². The molecule has 33 heavy (non-hydrogen) atoms. The van der Waals surface area contributed by atoms with E-state index >= 15 is 0 Å². The van der Waals surface area contributed by atoms with Gasteiger partial charge in [0.15, 0.2) is 5.75 Å². The van der Waals surface area contributed by atoms with Crippen LogP contribution >= 0.6 is 0 Å². The number of methoxy groups -OCH3 is 1. The van der Waals surface area contributed by atoms with Gasteiger partial charge in [-0.1, -0.05) is 12.1 Å². The number of amides is 2. The highest BCUT2D eigenvalue weighted by atomic mass is 16.7. The first-order chi connectivity index (χ1) is 15.9. The Labute approximate surface area is 191 Å². The van der Waals surface area contributed by atoms with Gasteiger partial charge in [0.2, 0.25) is 0 Å². The van der Waals surface area contributed by atoms with E-state index in [9.17, 15) is 9.59 Å². The average molecular weight is 450 g/mol. The minimum Gasteiger partial charge on any atom is -0.494 e. The maximum Gasteiger partial charge on any atom is 0.270 e. The Balaban J connectivity index is 1.84. The summed E-state index contributed by atoms with van der Waals surface area (Å²) in [5.41, 5.74) is 8.37. The molecule has 0 unspecified atom stereocenters. The first-order valence-corrected chi connectivity index (χ1v) is 10.6. The smallest absolute Gasteiger partial charge is 0.270 e. The second-order valence-corrected chi connectivity index (χ2v) is 7.67. The number of nitrogens with zero attached hydrogens (tertiary/aromatic N) is 4. The molecule has 1 aromatic carbocycles. The van der Waals surface area contributed by atoms with E-state index in [4.69, 9.17) is 15.3 Å². The normalized spacial score (nSPS) is 12.9. The summed E-state index contributed by atoms with van der Waals surface area (Å²) in [5.74, 6) is -0.504. The molecule has 0 saturated heterocycles. The van der Waals surface area contributed by atoms with Crippen molar-refractivity contribution in [2.45, 2.75) is 25.8 Å². The molecule has 2 heterocycles. The molecule has 1 aliphatic rings. The summed E-state index contributed by atoms with van der Waals surface area (Å²) >= 11 is 0. The summed E-state index contributed by atoms with van der Waals surface area (Å²) in [6.45, 7) is 2.10. The van der Waals surface area contributed by atoms with Crippen molar-refractivity contribution in [2.75, 3.05) is 18.8 Å². The summed E-state index contributed by atoms with van der Waals surface area (Å²) in [5, 5.41) is 8.59. The standard InChI is InChI=1S/C23H26N6O4/c1-4-33-29(19-7-5-6-16(21(19)32-3)14-11-26-28(2)13-14)20-10-18(23(31)27-15-8-9-15)25-12-17(20)22(24)30/h5-7,10-13,15H,4,8-9H2,1-3H3,(H2,24,30)(H,27,31). The molecule has 0 bridgehead atoms. The van der Waals surface area contributed by atoms with Crippen LogP contribution in [0.5, 0.6) is 5.75 Å². The number of aryl methyl sites for hydroxylation is 1. The van der Waals surface area contributed by atoms with Gasteiger partial charge in [0, 0.05) is 36.6 Å². The quantitative estimate of drug-likeness (QED) is 0.480. The maximum atomic E-state index is 12.6. The van der Waals surface area contributed by atoms with Gasteiger partial charge in [-0.15, -0.1) is 0 Å². The SMILES string of the molecule is CCON(c1cc(C(=O)NC2CC2)ncc1C(N)=O)c1cccc(-c2cnn(C)c2)c1OC. The Hall–Kier alpha value is -3.92. The second-order valence-electron chi connectivity index (χ2n) is 7.67. The number of hydrogen-bond acceptors (Lipinski definition) is 7. The van der Waals surface area contributed by atoms with Crippen molar-refractivity contribution in [1.29, 1.82) is 0 Å². The molecule has 172 valence electrons. The van der Waals surface area contributed by atoms with Crippen LogP contribution in [-0.4, -0.2) is 46.3 Å². The first-order valence-electron chi connectivity index (χ1n) is 10.6. The van der Waals surface area contributed by atoms with Gasteiger partial charge in [-0.25, -0.2) is 5.06 Å². The van der Waals surface area contributed by atoms with E-state index in [1.165, 1.54) is 17.3 Å². The lowest BCUT2D eigenvalue weighted by atomic mass is 10.1. The van der Waals surface area contributed by atoms with Gasteiger partial charge in [-0.2, -0.15) is 5.10 Å². The van der Waals surface area contributed by atoms with Crippen LogP contribution in [0.3, 0.4) is 0 Å². The fourth-order valence-corrected chi connectivity index (χ4v) is 3.50. The Morgan fingerprint density at radius 3 is 2.67 bits per heavy atom. The van der Waals surface area contributed by atoms with Crippen LogP contribution in [0.15, 0.2) is 42.9 Å². The van der Waals surface area contributed by atoms with Crippen molar-refractivity contribution in [1.82, 2.24) is 20.1 Å². The number of aromatic nitrogens is 3. The number of primary amides is 1. The van der Waals surface area contributed by atoms with Crippen LogP contribution in [0.25, 0.3) is 11.1 Å².